The van der Waals surface area contributed by atoms with Crippen molar-refractivity contribution in [3.05, 3.63) is 24.3 Å². The first-order valence-corrected chi connectivity index (χ1v) is 17.5. The normalized spacial score (nSPS) is 12.5. The van der Waals surface area contributed by atoms with Crippen molar-refractivity contribution in [3.63, 3.8) is 0 Å². The van der Waals surface area contributed by atoms with E-state index in [0.717, 1.165) is 129 Å². The second-order valence-electron chi connectivity index (χ2n) is 11.6. The standard InChI is InChI=1S/C36H67NO5/c1-4-7-10-19-26-34(25-18-9-6-3)42-36(40)28-21-15-13-17-23-30-37(31-32-38)29-22-16-12-14-20-27-35(39)41-33-24-11-8-5-2/h6-7,9-10,34,38H,4-5,8,11-33H2,1-3H3/b9-6-,10-7-. The fraction of sp³-hybridized carbons (Fsp3) is 0.833. The summed E-state index contributed by atoms with van der Waals surface area (Å²) in [7, 11) is 0. The zero-order valence-electron chi connectivity index (χ0n) is 27.8. The van der Waals surface area contributed by atoms with Gasteiger partial charge in [-0.2, -0.15) is 0 Å². The van der Waals surface area contributed by atoms with Crippen LogP contribution in [0.15, 0.2) is 24.3 Å². The van der Waals surface area contributed by atoms with Gasteiger partial charge >= 0.3 is 11.9 Å². The van der Waals surface area contributed by atoms with Gasteiger partial charge in [-0.05, 0) is 84.2 Å². The van der Waals surface area contributed by atoms with Crippen molar-refractivity contribution in [1.82, 2.24) is 4.90 Å². The molecule has 0 heterocycles. The summed E-state index contributed by atoms with van der Waals surface area (Å²) < 4.78 is 11.1. The molecule has 0 fully saturated rings. The van der Waals surface area contributed by atoms with Crippen molar-refractivity contribution in [2.24, 2.45) is 0 Å². The fourth-order valence-corrected chi connectivity index (χ4v) is 5.06. The van der Waals surface area contributed by atoms with Crippen LogP contribution in [0, 0.1) is 0 Å². The Bertz CT molecular complexity index is 663. The average molecular weight is 594 g/mol. The third kappa shape index (κ3) is 28.5. The third-order valence-corrected chi connectivity index (χ3v) is 7.63. The summed E-state index contributed by atoms with van der Waals surface area (Å²) in [5.41, 5.74) is 0. The lowest BCUT2D eigenvalue weighted by atomic mass is 10.1. The molecule has 0 aliphatic heterocycles. The number of rotatable bonds is 31. The monoisotopic (exact) mass is 594 g/mol. The zero-order chi connectivity index (χ0) is 30.9. The summed E-state index contributed by atoms with van der Waals surface area (Å²) in [6.07, 6.45) is 29.7. The molecule has 0 rings (SSSR count). The van der Waals surface area contributed by atoms with E-state index in [9.17, 15) is 14.7 Å². The number of hydrogen-bond acceptors (Lipinski definition) is 6. The Morgan fingerprint density at radius 3 is 1.86 bits per heavy atom. The Labute approximate surface area is 259 Å². The molecule has 0 spiro atoms. The molecule has 6 nitrogen and oxygen atoms in total. The minimum Gasteiger partial charge on any atom is -0.466 e. The van der Waals surface area contributed by atoms with E-state index >= 15 is 0 Å². The van der Waals surface area contributed by atoms with E-state index in [1.807, 2.05) is 6.92 Å². The van der Waals surface area contributed by atoms with Crippen LogP contribution in [0.1, 0.15) is 156 Å². The molecular formula is C36H67NO5. The van der Waals surface area contributed by atoms with Gasteiger partial charge in [0.2, 0.25) is 0 Å². The van der Waals surface area contributed by atoms with E-state index < -0.39 is 0 Å². The van der Waals surface area contributed by atoms with Crippen LogP contribution in [0.25, 0.3) is 0 Å². The summed E-state index contributed by atoms with van der Waals surface area (Å²) in [5.74, 6) is -0.0947. The first-order chi connectivity index (χ1) is 20.6. The molecule has 0 aromatic heterocycles. The molecule has 1 atom stereocenters. The van der Waals surface area contributed by atoms with E-state index in [-0.39, 0.29) is 24.6 Å². The van der Waals surface area contributed by atoms with Gasteiger partial charge in [0.15, 0.2) is 0 Å². The Kier molecular flexibility index (Phi) is 31.0. The summed E-state index contributed by atoms with van der Waals surface area (Å²) >= 11 is 0. The topological polar surface area (TPSA) is 76.1 Å². The maximum atomic E-state index is 12.4. The maximum absolute atomic E-state index is 12.4. The zero-order valence-corrected chi connectivity index (χ0v) is 27.8. The van der Waals surface area contributed by atoms with Gasteiger partial charge in [-0.3, -0.25) is 9.59 Å². The first-order valence-electron chi connectivity index (χ1n) is 17.5. The molecular weight excluding hydrogens is 526 g/mol. The number of ether oxygens (including phenoxy) is 2. The predicted octanol–water partition coefficient (Wildman–Crippen LogP) is 9.10. The van der Waals surface area contributed by atoms with Crippen molar-refractivity contribution < 1.29 is 24.2 Å². The van der Waals surface area contributed by atoms with Gasteiger partial charge in [0.25, 0.3) is 0 Å². The molecule has 246 valence electrons. The summed E-state index contributed by atoms with van der Waals surface area (Å²) in [4.78, 5) is 26.6. The first kappa shape index (κ1) is 40.3. The maximum Gasteiger partial charge on any atom is 0.306 e. The molecule has 0 aliphatic rings. The lowest BCUT2D eigenvalue weighted by Gasteiger charge is -2.21. The number of carbonyl (C=O) groups excluding carboxylic acids is 2. The predicted molar refractivity (Wildman–Crippen MR) is 177 cm³/mol. The van der Waals surface area contributed by atoms with E-state index in [1.54, 1.807) is 0 Å². The smallest absolute Gasteiger partial charge is 0.306 e. The number of allylic oxidation sites excluding steroid dienone is 4. The van der Waals surface area contributed by atoms with Crippen LogP contribution in [0.2, 0.25) is 0 Å². The lowest BCUT2D eigenvalue weighted by molar-refractivity contribution is -0.150. The molecule has 0 bridgehead atoms. The SMILES string of the molecule is C/C=C\CCC(CC/C=C\CC)OC(=O)CCCCCCCN(CCO)CCCCCCCC(=O)OCCCCCC. The average Bonchev–Trinajstić information content (AvgIpc) is 2.98. The van der Waals surface area contributed by atoms with Crippen molar-refractivity contribution in [2.75, 3.05) is 32.8 Å². The Morgan fingerprint density at radius 1 is 0.690 bits per heavy atom. The molecule has 0 aromatic carbocycles. The summed E-state index contributed by atoms with van der Waals surface area (Å²) in [6, 6.07) is 0. The highest BCUT2D eigenvalue weighted by Crippen LogP contribution is 2.15. The third-order valence-electron chi connectivity index (χ3n) is 7.63. The van der Waals surface area contributed by atoms with Crippen LogP contribution in [0.4, 0.5) is 0 Å². The molecule has 0 saturated heterocycles. The number of unbranched alkanes of at least 4 members (excludes halogenated alkanes) is 11. The Hall–Kier alpha value is -1.66. The molecule has 0 aliphatic carbocycles. The van der Waals surface area contributed by atoms with Crippen molar-refractivity contribution in [1.29, 1.82) is 0 Å². The second kappa shape index (κ2) is 32.3. The number of hydrogen-bond donors (Lipinski definition) is 1. The molecule has 0 saturated carbocycles. The van der Waals surface area contributed by atoms with Crippen molar-refractivity contribution in [3.8, 4) is 0 Å². The largest absolute Gasteiger partial charge is 0.466 e. The molecule has 0 radical (unpaired) electrons. The van der Waals surface area contributed by atoms with Gasteiger partial charge in [-0.1, -0.05) is 95.9 Å². The highest BCUT2D eigenvalue weighted by molar-refractivity contribution is 5.69. The second-order valence-corrected chi connectivity index (χ2v) is 11.6. The van der Waals surface area contributed by atoms with Gasteiger partial charge in [-0.25, -0.2) is 0 Å². The number of aliphatic hydroxyl groups is 1. The minimum absolute atomic E-state index is 0.0152. The molecule has 1 N–H and O–H groups in total. The van der Waals surface area contributed by atoms with Crippen LogP contribution in [-0.2, 0) is 19.1 Å². The van der Waals surface area contributed by atoms with E-state index in [2.05, 4.69) is 43.1 Å². The van der Waals surface area contributed by atoms with Crippen molar-refractivity contribution >= 4 is 11.9 Å². The summed E-state index contributed by atoms with van der Waals surface area (Å²) in [6.45, 7) is 9.90. The summed E-state index contributed by atoms with van der Waals surface area (Å²) in [5, 5.41) is 9.45. The number of esters is 2. The molecule has 42 heavy (non-hydrogen) atoms. The van der Waals surface area contributed by atoms with Crippen LogP contribution >= 0.6 is 0 Å². The molecule has 1 unspecified atom stereocenters. The van der Waals surface area contributed by atoms with Crippen LogP contribution in [0.5, 0.6) is 0 Å². The van der Waals surface area contributed by atoms with Crippen LogP contribution in [-0.4, -0.2) is 60.9 Å². The Morgan fingerprint density at radius 2 is 1.26 bits per heavy atom. The highest BCUT2D eigenvalue weighted by atomic mass is 16.5. The lowest BCUT2D eigenvalue weighted by Crippen LogP contribution is -2.29. The van der Waals surface area contributed by atoms with E-state index in [4.69, 9.17) is 9.47 Å². The van der Waals surface area contributed by atoms with Crippen molar-refractivity contribution in [2.45, 2.75) is 162 Å². The highest BCUT2D eigenvalue weighted by Gasteiger charge is 2.13. The molecule has 6 heteroatoms. The number of carbonyl (C=O) groups is 2. The van der Waals surface area contributed by atoms with E-state index in [1.165, 1.54) is 12.8 Å². The van der Waals surface area contributed by atoms with Gasteiger partial charge in [0.1, 0.15) is 6.10 Å². The minimum atomic E-state index is -0.0493. The quantitative estimate of drug-likeness (QED) is 0.0491. The number of aliphatic hydroxyl groups excluding tert-OH is 1. The van der Waals surface area contributed by atoms with Gasteiger partial charge in [-0.15, -0.1) is 0 Å². The van der Waals surface area contributed by atoms with E-state index in [0.29, 0.717) is 19.4 Å². The Balaban J connectivity index is 3.87. The fourth-order valence-electron chi connectivity index (χ4n) is 5.06. The molecule has 0 aromatic rings. The van der Waals surface area contributed by atoms with Gasteiger partial charge in [0.05, 0.1) is 13.2 Å². The molecule has 0 amide bonds. The number of nitrogens with zero attached hydrogens (tertiary/aromatic N) is 1. The van der Waals surface area contributed by atoms with Crippen LogP contribution in [0.3, 0.4) is 0 Å². The van der Waals surface area contributed by atoms with Gasteiger partial charge < -0.3 is 19.5 Å². The van der Waals surface area contributed by atoms with Gasteiger partial charge in [0, 0.05) is 19.4 Å². The van der Waals surface area contributed by atoms with Crippen LogP contribution < -0.4 is 0 Å².